The summed E-state index contributed by atoms with van der Waals surface area (Å²) in [5, 5.41) is 2.37. The number of pyridine rings is 3. The molecule has 0 aliphatic heterocycles. The predicted octanol–water partition coefficient (Wildman–Crippen LogP) is 7.93. The highest BCUT2D eigenvalue weighted by molar-refractivity contribution is 6.08. The van der Waals surface area contributed by atoms with E-state index in [-0.39, 0.29) is 12.2 Å². The van der Waals surface area contributed by atoms with Crippen molar-refractivity contribution in [3.05, 3.63) is 73.2 Å². The Bertz CT molecular complexity index is 1650. The Hall–Kier alpha value is -4.17. The van der Waals surface area contributed by atoms with Crippen LogP contribution in [0.15, 0.2) is 73.2 Å². The van der Waals surface area contributed by atoms with Gasteiger partial charge in [-0.15, -0.1) is 0 Å². The second-order valence-electron chi connectivity index (χ2n) is 11.6. The van der Waals surface area contributed by atoms with E-state index in [0.717, 1.165) is 69.3 Å². The minimum Gasteiger partial charge on any atom is -0.478 e. The molecule has 8 nitrogen and oxygen atoms in total. The summed E-state index contributed by atoms with van der Waals surface area (Å²) in [6.45, 7) is 4.59. The highest BCUT2D eigenvalue weighted by Gasteiger charge is 2.33. The number of rotatable bonds is 16. The van der Waals surface area contributed by atoms with Gasteiger partial charge < -0.3 is 23.5 Å². The third-order valence-electron chi connectivity index (χ3n) is 8.28. The van der Waals surface area contributed by atoms with E-state index in [1.54, 1.807) is 0 Å². The van der Waals surface area contributed by atoms with E-state index in [4.69, 9.17) is 18.9 Å². The SMILES string of the molecule is CCCCOCCCCCCOc1cccc(OC2CC(Oc3ccc(-c4ccc5c6cnccc6n(C)c5c4)cn3)C2)n1. The first-order chi connectivity index (χ1) is 21.7. The zero-order valence-corrected chi connectivity index (χ0v) is 25.8. The molecule has 1 aliphatic carbocycles. The van der Waals surface area contributed by atoms with Crippen LogP contribution in [-0.4, -0.2) is 51.5 Å². The van der Waals surface area contributed by atoms with Gasteiger partial charge in [0.1, 0.15) is 12.2 Å². The van der Waals surface area contributed by atoms with Gasteiger partial charge in [0, 0.05) is 91.7 Å². The van der Waals surface area contributed by atoms with Crippen molar-refractivity contribution < 1.29 is 18.9 Å². The van der Waals surface area contributed by atoms with Crippen molar-refractivity contribution in [3.8, 4) is 28.8 Å². The number of nitrogens with zero attached hydrogens (tertiary/aromatic N) is 4. The maximum absolute atomic E-state index is 6.12. The lowest BCUT2D eigenvalue weighted by Crippen LogP contribution is -2.41. The van der Waals surface area contributed by atoms with Gasteiger partial charge in [0.15, 0.2) is 0 Å². The fourth-order valence-corrected chi connectivity index (χ4v) is 5.63. The fraction of sp³-hybridized carbons (Fsp3) is 0.417. The van der Waals surface area contributed by atoms with Crippen LogP contribution in [-0.2, 0) is 11.8 Å². The maximum atomic E-state index is 6.12. The molecule has 0 atom stereocenters. The zero-order valence-electron chi connectivity index (χ0n) is 25.8. The van der Waals surface area contributed by atoms with Crippen LogP contribution in [0.25, 0.3) is 32.9 Å². The monoisotopic (exact) mass is 594 g/mol. The molecule has 1 aliphatic rings. The van der Waals surface area contributed by atoms with E-state index >= 15 is 0 Å². The largest absolute Gasteiger partial charge is 0.478 e. The summed E-state index contributed by atoms with van der Waals surface area (Å²) in [4.78, 5) is 13.4. The van der Waals surface area contributed by atoms with Crippen molar-refractivity contribution in [2.24, 2.45) is 7.05 Å². The summed E-state index contributed by atoms with van der Waals surface area (Å²) in [5.74, 6) is 1.84. The van der Waals surface area contributed by atoms with Crippen molar-refractivity contribution in [3.63, 3.8) is 0 Å². The van der Waals surface area contributed by atoms with Gasteiger partial charge in [-0.3, -0.25) is 4.98 Å². The van der Waals surface area contributed by atoms with E-state index < -0.39 is 0 Å². The molecule has 4 heterocycles. The molecular weight excluding hydrogens is 552 g/mol. The van der Waals surface area contributed by atoms with E-state index in [1.807, 2.05) is 42.9 Å². The van der Waals surface area contributed by atoms with E-state index in [2.05, 4.69) is 63.8 Å². The molecule has 1 saturated carbocycles. The van der Waals surface area contributed by atoms with Crippen LogP contribution in [0.3, 0.4) is 0 Å². The van der Waals surface area contributed by atoms with Crippen molar-refractivity contribution in [2.45, 2.75) is 70.5 Å². The standard InChI is InChI=1S/C36H42N4O4/c1-3-4-18-41-19-7-5-6-8-20-42-35-10-9-11-36(39-35)44-29-22-28(23-29)43-34-15-13-27(24-38-34)26-12-14-30-31-25-37-17-16-32(31)40(2)33(30)21-26/h9-17,21,24-25,28-29H,3-8,18-20,22-23H2,1-2H3. The van der Waals surface area contributed by atoms with Gasteiger partial charge in [0.25, 0.3) is 0 Å². The molecule has 0 unspecified atom stereocenters. The maximum Gasteiger partial charge on any atom is 0.216 e. The first-order valence-electron chi connectivity index (χ1n) is 16.0. The van der Waals surface area contributed by atoms with Gasteiger partial charge in [-0.2, -0.15) is 4.98 Å². The number of benzene rings is 1. The lowest BCUT2D eigenvalue weighted by Gasteiger charge is -2.34. The molecule has 6 rings (SSSR count). The Morgan fingerprint density at radius 2 is 1.50 bits per heavy atom. The van der Waals surface area contributed by atoms with Crippen LogP contribution in [0.5, 0.6) is 17.6 Å². The molecule has 0 saturated heterocycles. The first kappa shape index (κ1) is 29.9. The summed E-state index contributed by atoms with van der Waals surface area (Å²) in [7, 11) is 2.09. The van der Waals surface area contributed by atoms with Crippen LogP contribution in [0, 0.1) is 0 Å². The molecule has 8 heteroatoms. The summed E-state index contributed by atoms with van der Waals surface area (Å²) >= 11 is 0. The Morgan fingerprint density at radius 1 is 0.727 bits per heavy atom. The lowest BCUT2D eigenvalue weighted by molar-refractivity contribution is -0.000240. The molecule has 0 radical (unpaired) electrons. The molecule has 1 aromatic carbocycles. The van der Waals surface area contributed by atoms with Gasteiger partial charge >= 0.3 is 0 Å². The van der Waals surface area contributed by atoms with Crippen LogP contribution in [0.4, 0.5) is 0 Å². The zero-order chi connectivity index (χ0) is 30.1. The number of hydrogen-bond acceptors (Lipinski definition) is 7. The van der Waals surface area contributed by atoms with Crippen molar-refractivity contribution >= 4 is 21.8 Å². The minimum absolute atomic E-state index is 0.0734. The normalized spacial score (nSPS) is 16.2. The summed E-state index contributed by atoms with van der Waals surface area (Å²) in [5.41, 5.74) is 4.52. The molecule has 0 spiro atoms. The Kier molecular flexibility index (Phi) is 9.87. The van der Waals surface area contributed by atoms with E-state index in [9.17, 15) is 0 Å². The summed E-state index contributed by atoms with van der Waals surface area (Å²) in [6, 6.07) is 18.3. The van der Waals surface area contributed by atoms with Gasteiger partial charge in [-0.25, -0.2) is 4.98 Å². The van der Waals surface area contributed by atoms with Crippen LogP contribution in [0.2, 0.25) is 0 Å². The summed E-state index contributed by atoms with van der Waals surface area (Å²) in [6.07, 6.45) is 14.1. The Morgan fingerprint density at radius 3 is 2.32 bits per heavy atom. The lowest BCUT2D eigenvalue weighted by atomic mass is 9.92. The van der Waals surface area contributed by atoms with Crippen LogP contribution >= 0.6 is 0 Å². The topological polar surface area (TPSA) is 80.5 Å². The molecule has 4 aromatic heterocycles. The smallest absolute Gasteiger partial charge is 0.216 e. The van der Waals surface area contributed by atoms with Crippen molar-refractivity contribution in [1.82, 2.24) is 19.5 Å². The Labute approximate surface area is 259 Å². The van der Waals surface area contributed by atoms with Gasteiger partial charge in [-0.05, 0) is 49.4 Å². The molecule has 0 bridgehead atoms. The number of ether oxygens (including phenoxy) is 4. The molecule has 230 valence electrons. The van der Waals surface area contributed by atoms with Crippen LogP contribution < -0.4 is 14.2 Å². The number of aryl methyl sites for hydroxylation is 1. The number of hydrogen-bond donors (Lipinski definition) is 0. The van der Waals surface area contributed by atoms with Gasteiger partial charge in [0.2, 0.25) is 17.6 Å². The minimum atomic E-state index is 0.0734. The first-order valence-corrected chi connectivity index (χ1v) is 16.0. The van der Waals surface area contributed by atoms with E-state index in [0.29, 0.717) is 24.2 Å². The fourth-order valence-electron chi connectivity index (χ4n) is 5.63. The second kappa shape index (κ2) is 14.5. The number of aromatic nitrogens is 4. The summed E-state index contributed by atoms with van der Waals surface area (Å²) < 4.78 is 25.9. The highest BCUT2D eigenvalue weighted by atomic mass is 16.5. The Balaban J connectivity index is 0.922. The molecule has 1 fully saturated rings. The number of fused-ring (bicyclic) bond motifs is 3. The second-order valence-corrected chi connectivity index (χ2v) is 11.6. The van der Waals surface area contributed by atoms with Crippen molar-refractivity contribution in [1.29, 1.82) is 0 Å². The average Bonchev–Trinajstić information content (AvgIpc) is 3.32. The van der Waals surface area contributed by atoms with Gasteiger partial charge in [0.05, 0.1) is 12.1 Å². The highest BCUT2D eigenvalue weighted by Crippen LogP contribution is 2.33. The number of unbranched alkanes of at least 4 members (excludes halogenated alkanes) is 4. The third kappa shape index (κ3) is 7.30. The molecule has 44 heavy (non-hydrogen) atoms. The molecule has 0 amide bonds. The quantitative estimate of drug-likeness (QED) is 0.107. The predicted molar refractivity (Wildman–Crippen MR) is 173 cm³/mol. The van der Waals surface area contributed by atoms with Crippen molar-refractivity contribution in [2.75, 3.05) is 19.8 Å². The van der Waals surface area contributed by atoms with Crippen LogP contribution in [0.1, 0.15) is 58.3 Å². The molecule has 5 aromatic rings. The van der Waals surface area contributed by atoms with E-state index in [1.165, 1.54) is 28.2 Å². The van der Waals surface area contributed by atoms with Gasteiger partial charge in [-0.1, -0.05) is 38.0 Å². The average molecular weight is 595 g/mol. The molecular formula is C36H42N4O4. The third-order valence-corrected chi connectivity index (χ3v) is 8.28. The molecule has 0 N–H and O–H groups in total.